The van der Waals surface area contributed by atoms with E-state index in [9.17, 15) is 24.2 Å². The normalized spacial score (nSPS) is 11.8. The third kappa shape index (κ3) is 3.73. The molecule has 0 aliphatic heterocycles. The molecule has 0 radical (unpaired) electrons. The molecule has 6 nitrogen and oxygen atoms in total. The summed E-state index contributed by atoms with van der Waals surface area (Å²) in [6.07, 6.45) is -1.22. The minimum absolute atomic E-state index is 0.201. The van der Waals surface area contributed by atoms with E-state index in [0.717, 1.165) is 12.1 Å². The molecule has 0 saturated carbocycles. The number of phenols is 2. The number of aromatic hydroxyl groups is 2. The van der Waals surface area contributed by atoms with Crippen LogP contribution in [0.1, 0.15) is 22.8 Å². The topological polar surface area (TPSA) is 95.9 Å². The minimum atomic E-state index is -1.22. The maximum atomic E-state index is 13.6. The van der Waals surface area contributed by atoms with Crippen molar-refractivity contribution in [2.45, 2.75) is 20.0 Å². The Morgan fingerprint density at radius 2 is 1.75 bits per heavy atom. The number of nitrogens with one attached hydrogen (secondary N) is 1. The zero-order valence-electron chi connectivity index (χ0n) is 15.2. The fraction of sp³-hybridized carbons (Fsp3) is 0.143. The molecule has 3 rings (SSSR count). The molecule has 3 aromatic carbocycles. The summed E-state index contributed by atoms with van der Waals surface area (Å²) < 4.78 is 18.7. The lowest BCUT2D eigenvalue weighted by molar-refractivity contribution is -0.123. The first kappa shape index (κ1) is 19.2. The molecule has 28 heavy (non-hydrogen) atoms. The predicted octanol–water partition coefficient (Wildman–Crippen LogP) is 3.88. The van der Waals surface area contributed by atoms with Crippen LogP contribution in [0.2, 0.25) is 0 Å². The number of hydrogen-bond donors (Lipinski definition) is 3. The van der Waals surface area contributed by atoms with Crippen LogP contribution >= 0.6 is 0 Å². The zero-order chi connectivity index (χ0) is 20.4. The summed E-state index contributed by atoms with van der Waals surface area (Å²) in [5.41, 5.74) is 0.392. The number of hydrogen-bond acceptors (Lipinski definition) is 5. The van der Waals surface area contributed by atoms with Crippen molar-refractivity contribution < 1.29 is 28.9 Å². The lowest BCUT2D eigenvalue weighted by Crippen LogP contribution is -2.30. The van der Waals surface area contributed by atoms with E-state index in [-0.39, 0.29) is 28.1 Å². The van der Waals surface area contributed by atoms with E-state index in [0.29, 0.717) is 10.9 Å². The van der Waals surface area contributed by atoms with Crippen molar-refractivity contribution in [3.63, 3.8) is 0 Å². The van der Waals surface area contributed by atoms with Crippen LogP contribution in [0.15, 0.2) is 48.5 Å². The van der Waals surface area contributed by atoms with Crippen molar-refractivity contribution in [1.29, 1.82) is 0 Å². The second-order valence-electron chi connectivity index (χ2n) is 6.34. The first-order valence-corrected chi connectivity index (χ1v) is 8.49. The second kappa shape index (κ2) is 7.56. The Morgan fingerprint density at radius 3 is 2.43 bits per heavy atom. The average Bonchev–Trinajstić information content (AvgIpc) is 2.67. The summed E-state index contributed by atoms with van der Waals surface area (Å²) in [6, 6.07) is 11.7. The smallest absolute Gasteiger partial charge is 0.342 e. The van der Waals surface area contributed by atoms with E-state index in [2.05, 4.69) is 5.32 Å². The van der Waals surface area contributed by atoms with Gasteiger partial charge in [0.1, 0.15) is 22.9 Å². The van der Waals surface area contributed by atoms with Gasteiger partial charge in [-0.2, -0.15) is 0 Å². The molecule has 144 valence electrons. The fourth-order valence-corrected chi connectivity index (χ4v) is 2.69. The maximum Gasteiger partial charge on any atom is 0.342 e. The summed E-state index contributed by atoms with van der Waals surface area (Å²) in [5.74, 6) is -2.67. The second-order valence-corrected chi connectivity index (χ2v) is 6.34. The molecule has 0 spiro atoms. The molecule has 0 unspecified atom stereocenters. The Balaban J connectivity index is 1.76. The summed E-state index contributed by atoms with van der Waals surface area (Å²) in [7, 11) is 0. The highest BCUT2D eigenvalue weighted by Crippen LogP contribution is 2.35. The molecule has 0 aliphatic rings. The van der Waals surface area contributed by atoms with Gasteiger partial charge < -0.3 is 20.3 Å². The van der Waals surface area contributed by atoms with Gasteiger partial charge in [-0.15, -0.1) is 0 Å². The van der Waals surface area contributed by atoms with Gasteiger partial charge in [0, 0.05) is 16.5 Å². The molecule has 0 heterocycles. The number of benzene rings is 3. The Morgan fingerprint density at radius 1 is 1.07 bits per heavy atom. The van der Waals surface area contributed by atoms with E-state index < -0.39 is 23.8 Å². The summed E-state index contributed by atoms with van der Waals surface area (Å²) in [6.45, 7) is 2.94. The van der Waals surface area contributed by atoms with Gasteiger partial charge in [-0.1, -0.05) is 30.3 Å². The van der Waals surface area contributed by atoms with Crippen molar-refractivity contribution in [2.75, 3.05) is 5.32 Å². The monoisotopic (exact) mass is 383 g/mol. The zero-order valence-corrected chi connectivity index (χ0v) is 15.2. The van der Waals surface area contributed by atoms with Gasteiger partial charge in [0.05, 0.1) is 0 Å². The van der Waals surface area contributed by atoms with Gasteiger partial charge in [-0.25, -0.2) is 9.18 Å². The van der Waals surface area contributed by atoms with Crippen molar-refractivity contribution in [3.8, 4) is 11.5 Å². The molecule has 0 aromatic heterocycles. The predicted molar refractivity (Wildman–Crippen MR) is 102 cm³/mol. The molecular weight excluding hydrogens is 365 g/mol. The van der Waals surface area contributed by atoms with Crippen LogP contribution in [0.25, 0.3) is 10.8 Å². The van der Waals surface area contributed by atoms with Crippen LogP contribution in [-0.2, 0) is 9.53 Å². The molecular formula is C21H18FNO5. The number of carbonyl (C=O) groups is 2. The maximum absolute atomic E-state index is 13.6. The highest BCUT2D eigenvalue weighted by atomic mass is 19.1. The Labute approximate surface area is 160 Å². The van der Waals surface area contributed by atoms with Gasteiger partial charge in [-0.3, -0.25) is 4.79 Å². The highest BCUT2D eigenvalue weighted by molar-refractivity contribution is 6.04. The molecule has 1 amide bonds. The van der Waals surface area contributed by atoms with Crippen LogP contribution in [-0.4, -0.2) is 28.2 Å². The van der Waals surface area contributed by atoms with Gasteiger partial charge in [-0.05, 0) is 37.6 Å². The molecule has 7 heteroatoms. The number of phenolic OH excluding ortho intramolecular Hbond substituents is 2. The van der Waals surface area contributed by atoms with Crippen LogP contribution in [0.3, 0.4) is 0 Å². The van der Waals surface area contributed by atoms with E-state index in [1.807, 2.05) is 0 Å². The number of carbonyl (C=O) groups excluding carboxylic acids is 2. The van der Waals surface area contributed by atoms with E-state index in [4.69, 9.17) is 4.74 Å². The minimum Gasteiger partial charge on any atom is -0.507 e. The Kier molecular flexibility index (Phi) is 5.17. The van der Waals surface area contributed by atoms with Gasteiger partial charge in [0.2, 0.25) is 0 Å². The van der Waals surface area contributed by atoms with Crippen molar-refractivity contribution in [2.24, 2.45) is 0 Å². The Hall–Kier alpha value is -3.61. The summed E-state index contributed by atoms with van der Waals surface area (Å²) in [5, 5.41) is 23.5. The first-order chi connectivity index (χ1) is 13.3. The van der Waals surface area contributed by atoms with Crippen LogP contribution < -0.4 is 5.32 Å². The highest BCUT2D eigenvalue weighted by Gasteiger charge is 2.23. The average molecular weight is 383 g/mol. The lowest BCUT2D eigenvalue weighted by Gasteiger charge is -2.15. The molecule has 1 atom stereocenters. The molecule has 3 aromatic rings. The number of aryl methyl sites for hydroxylation is 1. The summed E-state index contributed by atoms with van der Waals surface area (Å²) in [4.78, 5) is 24.6. The summed E-state index contributed by atoms with van der Waals surface area (Å²) >= 11 is 0. The van der Waals surface area contributed by atoms with E-state index in [1.54, 1.807) is 31.2 Å². The number of halogens is 1. The molecule has 0 saturated heterocycles. The molecule has 3 N–H and O–H groups in total. The number of ether oxygens (including phenoxy) is 1. The van der Waals surface area contributed by atoms with Crippen molar-refractivity contribution in [1.82, 2.24) is 0 Å². The van der Waals surface area contributed by atoms with E-state index in [1.165, 1.54) is 19.1 Å². The van der Waals surface area contributed by atoms with E-state index >= 15 is 0 Å². The van der Waals surface area contributed by atoms with Crippen molar-refractivity contribution >= 4 is 28.3 Å². The quantitative estimate of drug-likeness (QED) is 0.469. The fourth-order valence-electron chi connectivity index (χ4n) is 2.69. The standard InChI is InChI=1S/C21H18FNO5/c1-11-7-8-13(9-17(11)22)23-20(26)12(2)28-21(27)16-10-18(24)14-5-3-4-6-15(14)19(16)25/h3-10,12,24-25H,1-2H3,(H,23,26)/t12-/m1/s1. The van der Waals surface area contributed by atoms with Crippen LogP contribution in [0.5, 0.6) is 11.5 Å². The Bertz CT molecular complexity index is 1080. The number of fused-ring (bicyclic) bond motifs is 1. The third-order valence-corrected chi connectivity index (χ3v) is 4.31. The largest absolute Gasteiger partial charge is 0.507 e. The van der Waals surface area contributed by atoms with Gasteiger partial charge in [0.25, 0.3) is 5.91 Å². The van der Waals surface area contributed by atoms with Crippen LogP contribution in [0.4, 0.5) is 10.1 Å². The van der Waals surface area contributed by atoms with Gasteiger partial charge in [0.15, 0.2) is 6.10 Å². The lowest BCUT2D eigenvalue weighted by atomic mass is 10.0. The van der Waals surface area contributed by atoms with Crippen LogP contribution in [0, 0.1) is 12.7 Å². The number of anilines is 1. The first-order valence-electron chi connectivity index (χ1n) is 8.49. The molecule has 0 aliphatic carbocycles. The third-order valence-electron chi connectivity index (χ3n) is 4.31. The van der Waals surface area contributed by atoms with Gasteiger partial charge >= 0.3 is 5.97 Å². The molecule has 0 bridgehead atoms. The number of rotatable bonds is 4. The SMILES string of the molecule is Cc1ccc(NC(=O)[C@@H](C)OC(=O)c2cc(O)c3ccccc3c2O)cc1F. The number of amides is 1. The molecule has 0 fully saturated rings. The number of esters is 1. The van der Waals surface area contributed by atoms with Crippen molar-refractivity contribution in [3.05, 3.63) is 65.5 Å².